The fourth-order valence-electron chi connectivity index (χ4n) is 3.11. The Labute approximate surface area is 189 Å². The van der Waals surface area contributed by atoms with Crippen molar-refractivity contribution in [2.75, 3.05) is 26.2 Å². The summed E-state index contributed by atoms with van der Waals surface area (Å²) >= 11 is 4.97. The van der Waals surface area contributed by atoms with Gasteiger partial charge in [-0.3, -0.25) is 0 Å². The fourth-order valence-corrected chi connectivity index (χ4v) is 3.11. The standard InChI is InChI=1S/C16H36N.C6H2F3.Au.BrH/c1-5-9-13-17(14-10-6-2,15-11-7-3)16-12-8-4;7-4-1-5(8)3-6(9)2-4;;/h5-16H2,1-4H3;1-2H;;1H/q+1;-1;+1;/p-1. The summed E-state index contributed by atoms with van der Waals surface area (Å²) in [5.74, 6) is -2.97. The summed E-state index contributed by atoms with van der Waals surface area (Å²) in [6.07, 6.45) is 11.1. The van der Waals surface area contributed by atoms with E-state index in [4.69, 9.17) is 0 Å². The second-order valence-corrected chi connectivity index (χ2v) is 7.14. The molecule has 0 fully saturated rings. The molecule has 6 heteroatoms. The Bertz CT molecular complexity index is 387. The molecule has 0 heterocycles. The molecule has 1 nitrogen and oxygen atoms in total. The zero-order valence-corrected chi connectivity index (χ0v) is 21.7. The number of quaternary nitrogens is 1. The van der Waals surface area contributed by atoms with Gasteiger partial charge in [0.1, 0.15) is 0 Å². The van der Waals surface area contributed by atoms with Gasteiger partial charge < -0.3 is 4.48 Å². The monoisotopic (exact) mass is 649 g/mol. The van der Waals surface area contributed by atoms with Gasteiger partial charge in [-0.25, -0.2) is 13.2 Å². The van der Waals surface area contributed by atoms with E-state index in [1.807, 2.05) is 0 Å². The van der Waals surface area contributed by atoms with Crippen molar-refractivity contribution in [3.63, 3.8) is 0 Å². The molecule has 0 aliphatic rings. The molecule has 0 aromatic heterocycles. The van der Waals surface area contributed by atoms with Crippen LogP contribution in [0.15, 0.2) is 12.1 Å². The number of rotatable bonds is 12. The average molecular weight is 650 g/mol. The minimum atomic E-state index is -1.02. The van der Waals surface area contributed by atoms with Crippen molar-refractivity contribution >= 4 is 13.0 Å². The molecule has 0 atom stereocenters. The molecule has 0 aliphatic carbocycles. The molecule has 0 saturated heterocycles. The second-order valence-electron chi connectivity index (χ2n) is 7.14. The van der Waals surface area contributed by atoms with Gasteiger partial charge in [0.15, 0.2) is 0 Å². The van der Waals surface area contributed by atoms with E-state index in [1.165, 1.54) is 82.0 Å². The van der Waals surface area contributed by atoms with Crippen molar-refractivity contribution in [1.82, 2.24) is 0 Å². The van der Waals surface area contributed by atoms with Crippen LogP contribution in [0.4, 0.5) is 13.2 Å². The van der Waals surface area contributed by atoms with Gasteiger partial charge in [-0.05, 0) is 25.7 Å². The summed E-state index contributed by atoms with van der Waals surface area (Å²) in [5.41, 5.74) is 0. The van der Waals surface area contributed by atoms with Gasteiger partial charge in [0, 0.05) is 17.5 Å². The molecule has 1 rings (SSSR count). The molecule has 1 aromatic rings. The number of hydrogen-bond acceptors (Lipinski definition) is 0. The average Bonchev–Trinajstić information content (AvgIpc) is 2.68. The van der Waals surface area contributed by atoms with Gasteiger partial charge in [0.05, 0.1) is 26.2 Å². The molecular weight excluding hydrogens is 612 g/mol. The van der Waals surface area contributed by atoms with Crippen LogP contribution in [0.2, 0.25) is 0 Å². The molecule has 0 radical (unpaired) electrons. The summed E-state index contributed by atoms with van der Waals surface area (Å²) < 4.78 is 37.1. The zero-order valence-electron chi connectivity index (χ0n) is 17.9. The normalized spacial score (nSPS) is 10.6. The topological polar surface area (TPSA) is 0 Å². The molecule has 0 unspecified atom stereocenters. The van der Waals surface area contributed by atoms with E-state index in [2.05, 4.69) is 59.7 Å². The van der Waals surface area contributed by atoms with E-state index in [0.717, 1.165) is 0 Å². The van der Waals surface area contributed by atoms with E-state index in [9.17, 15) is 13.2 Å². The van der Waals surface area contributed by atoms with Crippen LogP contribution in [0.5, 0.6) is 0 Å². The number of nitrogens with zero attached hydrogens (tertiary/aromatic N) is 1. The van der Waals surface area contributed by atoms with Crippen LogP contribution in [0.1, 0.15) is 79.1 Å². The van der Waals surface area contributed by atoms with Crippen LogP contribution >= 0.6 is 13.0 Å². The van der Waals surface area contributed by atoms with Crippen LogP contribution in [0.25, 0.3) is 0 Å². The summed E-state index contributed by atoms with van der Waals surface area (Å²) in [6.45, 7) is 15.0. The minimum absolute atomic E-state index is 0.559. The molecule has 0 bridgehead atoms. The molecule has 0 N–H and O–H groups in total. The number of halogens is 4. The van der Waals surface area contributed by atoms with Gasteiger partial charge in [0.25, 0.3) is 0 Å². The van der Waals surface area contributed by atoms with Crippen LogP contribution < -0.4 is 0 Å². The second kappa shape index (κ2) is 20.5. The van der Waals surface area contributed by atoms with Crippen LogP contribution in [0.3, 0.4) is 0 Å². The number of unbranched alkanes of at least 4 members (excludes halogenated alkanes) is 4. The van der Waals surface area contributed by atoms with Crippen molar-refractivity contribution in [3.05, 3.63) is 35.7 Å². The van der Waals surface area contributed by atoms with Crippen molar-refractivity contribution in [2.24, 2.45) is 0 Å². The zero-order chi connectivity index (χ0) is 21.8. The Balaban J connectivity index is 0. The Morgan fingerprint density at radius 1 is 0.714 bits per heavy atom. The Kier molecular flexibility index (Phi) is 22.2. The molecular formula is C22H38AuBrF3N. The van der Waals surface area contributed by atoms with E-state index in [1.54, 1.807) is 6.07 Å². The Hall–Kier alpha value is 0.190. The molecule has 1 aromatic carbocycles. The van der Waals surface area contributed by atoms with Crippen LogP contribution in [-0.4, -0.2) is 30.7 Å². The van der Waals surface area contributed by atoms with Crippen LogP contribution in [-0.2, 0) is 18.9 Å². The molecule has 170 valence electrons. The summed E-state index contributed by atoms with van der Waals surface area (Å²) in [5, 5.41) is 0. The quantitative estimate of drug-likeness (QED) is 0.123. The third-order valence-electron chi connectivity index (χ3n) is 4.71. The van der Waals surface area contributed by atoms with E-state index < -0.39 is 17.5 Å². The number of benzene rings is 1. The van der Waals surface area contributed by atoms with Gasteiger partial charge >= 0.3 is 32.0 Å². The predicted molar refractivity (Wildman–Crippen MR) is 113 cm³/mol. The SMILES string of the molecule is CCCC[N+](CCCC)(CCCC)CCCC.Fc1[c-]c(F)cc(F)c1.[Br][Au]. The molecule has 0 saturated carbocycles. The van der Waals surface area contributed by atoms with Crippen LogP contribution in [0, 0.1) is 23.5 Å². The van der Waals surface area contributed by atoms with Gasteiger partial charge in [0.2, 0.25) is 0 Å². The van der Waals surface area contributed by atoms with Crippen molar-refractivity contribution < 1.29 is 36.6 Å². The third kappa shape index (κ3) is 16.0. The van der Waals surface area contributed by atoms with Gasteiger partial charge in [-0.2, -0.15) is 0 Å². The molecule has 0 amide bonds. The van der Waals surface area contributed by atoms with E-state index in [0.29, 0.717) is 12.1 Å². The van der Waals surface area contributed by atoms with Gasteiger partial charge in [-0.1, -0.05) is 53.4 Å². The maximum atomic E-state index is 11.9. The summed E-state index contributed by atoms with van der Waals surface area (Å²) in [7, 11) is 0. The van der Waals surface area contributed by atoms with E-state index in [-0.39, 0.29) is 0 Å². The van der Waals surface area contributed by atoms with E-state index >= 15 is 0 Å². The summed E-state index contributed by atoms with van der Waals surface area (Å²) in [6, 6.07) is 2.75. The third-order valence-corrected chi connectivity index (χ3v) is 4.71. The van der Waals surface area contributed by atoms with Gasteiger partial charge in [-0.15, -0.1) is 18.2 Å². The summed E-state index contributed by atoms with van der Waals surface area (Å²) in [4.78, 5) is 0. The fraction of sp³-hybridized carbons (Fsp3) is 0.727. The number of hydrogen-bond donors (Lipinski definition) is 0. The first-order valence-corrected chi connectivity index (χ1v) is 15.2. The van der Waals surface area contributed by atoms with Crippen molar-refractivity contribution in [3.8, 4) is 0 Å². The molecule has 28 heavy (non-hydrogen) atoms. The molecule has 0 aliphatic heterocycles. The Morgan fingerprint density at radius 3 is 1.21 bits per heavy atom. The first kappa shape index (κ1) is 30.4. The first-order valence-electron chi connectivity index (χ1n) is 10.4. The predicted octanol–water partition coefficient (Wildman–Crippen LogP) is 7.75. The first-order chi connectivity index (χ1) is 13.4. The molecule has 0 spiro atoms. The van der Waals surface area contributed by atoms with Crippen molar-refractivity contribution in [1.29, 1.82) is 0 Å². The van der Waals surface area contributed by atoms with Crippen molar-refractivity contribution in [2.45, 2.75) is 79.1 Å². The Morgan fingerprint density at radius 2 is 1.00 bits per heavy atom. The maximum absolute atomic E-state index is 11.9.